The second kappa shape index (κ2) is 7.20. The van der Waals surface area contributed by atoms with Crippen LogP contribution >= 0.6 is 0 Å². The van der Waals surface area contributed by atoms with Crippen LogP contribution in [-0.2, 0) is 0 Å². The number of carbonyl (C=O) groups excluding carboxylic acids is 1. The van der Waals surface area contributed by atoms with Crippen LogP contribution in [0.5, 0.6) is 0 Å². The Kier molecular flexibility index (Phi) is 4.59. The van der Waals surface area contributed by atoms with Crippen molar-refractivity contribution in [2.75, 3.05) is 4.90 Å². The van der Waals surface area contributed by atoms with Gasteiger partial charge in [-0.25, -0.2) is 0 Å². The van der Waals surface area contributed by atoms with Gasteiger partial charge in [0.15, 0.2) is 0 Å². The Morgan fingerprint density at radius 1 is 0.926 bits per heavy atom. The van der Waals surface area contributed by atoms with Crippen LogP contribution in [0, 0.1) is 6.92 Å². The van der Waals surface area contributed by atoms with Gasteiger partial charge < -0.3 is 4.90 Å². The molecule has 134 valence electrons. The first kappa shape index (κ1) is 17.2. The lowest BCUT2D eigenvalue weighted by Crippen LogP contribution is -2.39. The van der Waals surface area contributed by atoms with E-state index in [1.165, 1.54) is 5.56 Å². The second-order valence-corrected chi connectivity index (χ2v) is 7.01. The maximum Gasteiger partial charge on any atom is 0.258 e. The SMILES string of the molecule is Cc1ccc(C2=Nc3ccccc3N(C(=O)c3ccccc3)[C@H](C)C2)cc1. The summed E-state index contributed by atoms with van der Waals surface area (Å²) in [6.45, 7) is 4.17. The minimum Gasteiger partial charge on any atom is -0.303 e. The summed E-state index contributed by atoms with van der Waals surface area (Å²) >= 11 is 0. The molecular weight excluding hydrogens is 332 g/mol. The van der Waals surface area contributed by atoms with Crippen LogP contribution in [0.15, 0.2) is 83.9 Å². The molecule has 0 aliphatic carbocycles. The number of hydrogen-bond donors (Lipinski definition) is 0. The van der Waals surface area contributed by atoms with Crippen molar-refractivity contribution in [2.24, 2.45) is 4.99 Å². The van der Waals surface area contributed by atoms with Crippen molar-refractivity contribution in [3.63, 3.8) is 0 Å². The molecule has 4 rings (SSSR count). The number of fused-ring (bicyclic) bond motifs is 1. The van der Waals surface area contributed by atoms with Crippen LogP contribution in [-0.4, -0.2) is 17.7 Å². The van der Waals surface area contributed by atoms with Gasteiger partial charge in [-0.2, -0.15) is 0 Å². The van der Waals surface area contributed by atoms with E-state index in [1.54, 1.807) is 0 Å². The Hall–Kier alpha value is -3.20. The minimum absolute atomic E-state index is 0.00130. The molecule has 0 fully saturated rings. The third-order valence-corrected chi connectivity index (χ3v) is 4.95. The van der Waals surface area contributed by atoms with Crippen LogP contribution in [0.1, 0.15) is 34.8 Å². The molecule has 0 bridgehead atoms. The fourth-order valence-corrected chi connectivity index (χ4v) is 3.52. The predicted octanol–water partition coefficient (Wildman–Crippen LogP) is 5.55. The molecule has 0 aromatic heterocycles. The number of aliphatic imine (C=N–C) groups is 1. The van der Waals surface area contributed by atoms with Crippen molar-refractivity contribution >= 4 is 23.0 Å². The van der Waals surface area contributed by atoms with Crippen LogP contribution in [0.2, 0.25) is 0 Å². The lowest BCUT2D eigenvalue weighted by molar-refractivity contribution is 0.0979. The fraction of sp³-hybridized carbons (Fsp3) is 0.167. The van der Waals surface area contributed by atoms with E-state index in [-0.39, 0.29) is 11.9 Å². The standard InChI is InChI=1S/C24H22N2O/c1-17-12-14-19(15-13-17)22-16-18(2)26(23-11-7-6-10-21(23)25-22)24(27)20-8-4-3-5-9-20/h3-15,18H,16H2,1-2H3/t18-/m1/s1. The molecule has 1 amide bonds. The Bertz CT molecular complexity index is 990. The highest BCUT2D eigenvalue weighted by Gasteiger charge is 2.29. The monoisotopic (exact) mass is 354 g/mol. The van der Waals surface area contributed by atoms with Gasteiger partial charge in [-0.1, -0.05) is 60.2 Å². The number of hydrogen-bond acceptors (Lipinski definition) is 2. The Morgan fingerprint density at radius 2 is 1.59 bits per heavy atom. The normalized spacial score (nSPS) is 16.3. The molecule has 0 radical (unpaired) electrons. The molecule has 0 saturated heterocycles. The maximum absolute atomic E-state index is 13.3. The topological polar surface area (TPSA) is 32.7 Å². The van der Waals surface area contributed by atoms with E-state index in [2.05, 4.69) is 38.1 Å². The zero-order valence-corrected chi connectivity index (χ0v) is 15.6. The molecule has 3 nitrogen and oxygen atoms in total. The van der Waals surface area contributed by atoms with Crippen molar-refractivity contribution < 1.29 is 4.79 Å². The van der Waals surface area contributed by atoms with Crippen molar-refractivity contribution in [1.82, 2.24) is 0 Å². The van der Waals surface area contributed by atoms with Gasteiger partial charge >= 0.3 is 0 Å². The Labute approximate surface area is 160 Å². The molecule has 27 heavy (non-hydrogen) atoms. The van der Waals surface area contributed by atoms with Crippen LogP contribution < -0.4 is 4.90 Å². The van der Waals surface area contributed by atoms with E-state index < -0.39 is 0 Å². The van der Waals surface area contributed by atoms with Crippen LogP contribution in [0.25, 0.3) is 0 Å². The largest absolute Gasteiger partial charge is 0.303 e. The van der Waals surface area contributed by atoms with E-state index in [1.807, 2.05) is 59.5 Å². The highest BCUT2D eigenvalue weighted by molar-refractivity contribution is 6.11. The van der Waals surface area contributed by atoms with Gasteiger partial charge in [-0.3, -0.25) is 9.79 Å². The number of para-hydroxylation sites is 2. The van der Waals surface area contributed by atoms with Gasteiger partial charge in [0.25, 0.3) is 5.91 Å². The Balaban J connectivity index is 1.78. The average molecular weight is 354 g/mol. The summed E-state index contributed by atoms with van der Waals surface area (Å²) in [5.74, 6) is 0.0101. The first-order valence-corrected chi connectivity index (χ1v) is 9.26. The quantitative estimate of drug-likeness (QED) is 0.593. The minimum atomic E-state index is 0.00130. The smallest absolute Gasteiger partial charge is 0.258 e. The average Bonchev–Trinajstić information content (AvgIpc) is 2.84. The molecule has 0 unspecified atom stereocenters. The molecule has 3 aromatic rings. The van der Waals surface area contributed by atoms with Gasteiger partial charge in [-0.05, 0) is 43.7 Å². The number of anilines is 1. The van der Waals surface area contributed by atoms with E-state index in [4.69, 9.17) is 4.99 Å². The van der Waals surface area contributed by atoms with Gasteiger partial charge in [0, 0.05) is 18.0 Å². The Morgan fingerprint density at radius 3 is 2.33 bits per heavy atom. The maximum atomic E-state index is 13.3. The summed E-state index contributed by atoms with van der Waals surface area (Å²) in [5.41, 5.74) is 5.73. The molecule has 1 heterocycles. The predicted molar refractivity (Wildman–Crippen MR) is 111 cm³/mol. The number of amides is 1. The summed E-state index contributed by atoms with van der Waals surface area (Å²) in [5, 5.41) is 0. The number of rotatable bonds is 2. The highest BCUT2D eigenvalue weighted by Crippen LogP contribution is 2.35. The first-order valence-electron chi connectivity index (χ1n) is 9.26. The van der Waals surface area contributed by atoms with E-state index in [0.717, 1.165) is 22.6 Å². The van der Waals surface area contributed by atoms with Crippen molar-refractivity contribution in [1.29, 1.82) is 0 Å². The van der Waals surface area contributed by atoms with Gasteiger partial charge in [0.2, 0.25) is 0 Å². The molecule has 1 aliphatic rings. The molecule has 1 atom stereocenters. The van der Waals surface area contributed by atoms with Crippen molar-refractivity contribution in [3.8, 4) is 0 Å². The highest BCUT2D eigenvalue weighted by atomic mass is 16.2. The zero-order chi connectivity index (χ0) is 18.8. The zero-order valence-electron chi connectivity index (χ0n) is 15.6. The molecular formula is C24H22N2O. The summed E-state index contributed by atoms with van der Waals surface area (Å²) in [7, 11) is 0. The molecule has 1 aliphatic heterocycles. The van der Waals surface area contributed by atoms with Crippen LogP contribution in [0.3, 0.4) is 0 Å². The van der Waals surface area contributed by atoms with E-state index in [0.29, 0.717) is 12.0 Å². The number of carbonyl (C=O) groups is 1. The van der Waals surface area contributed by atoms with Gasteiger partial charge in [0.05, 0.1) is 17.1 Å². The van der Waals surface area contributed by atoms with Crippen molar-refractivity contribution in [2.45, 2.75) is 26.3 Å². The molecule has 3 aromatic carbocycles. The molecule has 3 heteroatoms. The lowest BCUT2D eigenvalue weighted by Gasteiger charge is -2.28. The number of nitrogens with zero attached hydrogens (tertiary/aromatic N) is 2. The molecule has 0 spiro atoms. The summed E-state index contributed by atoms with van der Waals surface area (Å²) in [6.07, 6.45) is 0.705. The second-order valence-electron chi connectivity index (χ2n) is 7.01. The number of aryl methyl sites for hydroxylation is 1. The third kappa shape index (κ3) is 3.41. The summed E-state index contributed by atoms with van der Waals surface area (Å²) < 4.78 is 0. The third-order valence-electron chi connectivity index (χ3n) is 4.95. The first-order chi connectivity index (χ1) is 13.1. The number of benzene rings is 3. The van der Waals surface area contributed by atoms with Crippen molar-refractivity contribution in [3.05, 3.63) is 95.6 Å². The fourth-order valence-electron chi connectivity index (χ4n) is 3.52. The van der Waals surface area contributed by atoms with Crippen LogP contribution in [0.4, 0.5) is 11.4 Å². The van der Waals surface area contributed by atoms with E-state index >= 15 is 0 Å². The molecule has 0 N–H and O–H groups in total. The summed E-state index contributed by atoms with van der Waals surface area (Å²) in [4.78, 5) is 20.1. The van der Waals surface area contributed by atoms with Gasteiger partial charge in [-0.15, -0.1) is 0 Å². The van der Waals surface area contributed by atoms with E-state index in [9.17, 15) is 4.79 Å². The summed E-state index contributed by atoms with van der Waals surface area (Å²) in [6, 6.07) is 25.8. The lowest BCUT2D eigenvalue weighted by atomic mass is 10.0. The molecule has 0 saturated carbocycles. The van der Waals surface area contributed by atoms with Gasteiger partial charge in [0.1, 0.15) is 0 Å².